The minimum absolute atomic E-state index is 0.234. The molecule has 5 heteroatoms. The Balaban J connectivity index is 1.75. The van der Waals surface area contributed by atoms with E-state index in [1.165, 1.54) is 17.7 Å². The molecule has 0 atom stereocenters. The highest BCUT2D eigenvalue weighted by Crippen LogP contribution is 2.20. The summed E-state index contributed by atoms with van der Waals surface area (Å²) in [4.78, 5) is 0. The first-order valence-corrected chi connectivity index (χ1v) is 9.66. The fraction of sp³-hybridized carbons (Fsp3) is 0.208. The summed E-state index contributed by atoms with van der Waals surface area (Å²) in [5.41, 5.74) is 5.79. The minimum Gasteiger partial charge on any atom is -0.310 e. The van der Waals surface area contributed by atoms with Gasteiger partial charge in [-0.2, -0.15) is 0 Å². The molecular weight excluding hydrogens is 368 g/mol. The van der Waals surface area contributed by atoms with Gasteiger partial charge in [0.15, 0.2) is 11.6 Å². The van der Waals surface area contributed by atoms with Crippen molar-refractivity contribution in [2.75, 3.05) is 0 Å². The van der Waals surface area contributed by atoms with E-state index in [2.05, 4.69) is 24.3 Å². The molecule has 148 valence electrons. The topological polar surface area (TPSA) is 33.7 Å². The van der Waals surface area contributed by atoms with Gasteiger partial charge in [0.2, 0.25) is 5.62 Å². The number of hydrogen-bond donors (Lipinski definition) is 1. The van der Waals surface area contributed by atoms with Crippen LogP contribution in [0.3, 0.4) is 0 Å². The largest absolute Gasteiger partial charge is 0.310 e. The number of rotatable bonds is 5. The van der Waals surface area contributed by atoms with E-state index in [0.29, 0.717) is 30.5 Å². The molecule has 4 aromatic rings. The first-order chi connectivity index (χ1) is 13.9. The minimum atomic E-state index is -0.897. The van der Waals surface area contributed by atoms with Gasteiger partial charge in [-0.05, 0) is 31.4 Å². The Morgan fingerprint density at radius 1 is 0.724 bits per heavy atom. The highest BCUT2D eigenvalue weighted by atomic mass is 19.2. The number of nitrogens with one attached hydrogen (secondary N) is 1. The molecule has 29 heavy (non-hydrogen) atoms. The number of halogens is 2. The van der Waals surface area contributed by atoms with Gasteiger partial charge in [0.1, 0.15) is 0 Å². The number of aryl methyl sites for hydroxylation is 4. The quantitative estimate of drug-likeness (QED) is 0.491. The van der Waals surface area contributed by atoms with Gasteiger partial charge in [0.25, 0.3) is 0 Å². The number of nitrogens with zero attached hydrogens (tertiary/aromatic N) is 2. The van der Waals surface area contributed by atoms with E-state index in [1.807, 2.05) is 38.1 Å². The van der Waals surface area contributed by atoms with Gasteiger partial charge in [0, 0.05) is 18.7 Å². The summed E-state index contributed by atoms with van der Waals surface area (Å²) in [6.45, 7) is 5.00. The summed E-state index contributed by atoms with van der Waals surface area (Å²) >= 11 is 0. The van der Waals surface area contributed by atoms with Gasteiger partial charge in [0.05, 0.1) is 17.6 Å². The van der Waals surface area contributed by atoms with Gasteiger partial charge in [-0.15, -0.1) is 0 Å². The van der Waals surface area contributed by atoms with Crippen LogP contribution in [-0.4, -0.2) is 9.13 Å². The molecule has 0 aliphatic carbocycles. The number of hydrogen-bond acceptors (Lipinski definition) is 1. The third-order valence-corrected chi connectivity index (χ3v) is 5.32. The molecule has 0 amide bonds. The average Bonchev–Trinajstić information content (AvgIpc) is 2.94. The fourth-order valence-corrected chi connectivity index (χ4v) is 3.59. The molecule has 0 saturated carbocycles. The van der Waals surface area contributed by atoms with Crippen LogP contribution < -0.4 is 5.62 Å². The lowest BCUT2D eigenvalue weighted by Crippen LogP contribution is -2.25. The molecule has 0 fully saturated rings. The van der Waals surface area contributed by atoms with Crippen molar-refractivity contribution in [1.29, 1.82) is 5.41 Å². The van der Waals surface area contributed by atoms with E-state index < -0.39 is 11.6 Å². The zero-order valence-electron chi connectivity index (χ0n) is 16.5. The second kappa shape index (κ2) is 7.66. The third kappa shape index (κ3) is 3.86. The average molecular weight is 391 g/mol. The summed E-state index contributed by atoms with van der Waals surface area (Å²) in [7, 11) is 0. The van der Waals surface area contributed by atoms with Crippen LogP contribution in [0.25, 0.3) is 11.0 Å². The maximum Gasteiger partial charge on any atom is 0.203 e. The van der Waals surface area contributed by atoms with E-state index >= 15 is 0 Å². The Labute approximate surface area is 168 Å². The molecule has 4 rings (SSSR count). The Kier molecular flexibility index (Phi) is 5.05. The van der Waals surface area contributed by atoms with Crippen molar-refractivity contribution in [2.24, 2.45) is 0 Å². The SMILES string of the molecule is Cc1ccc(CCn2c(=N)n(Cc3ccc(C)cc3)c3cc(F)c(F)cc32)cc1. The molecular formula is C24H23F2N3. The predicted molar refractivity (Wildman–Crippen MR) is 111 cm³/mol. The molecule has 1 N–H and O–H groups in total. The van der Waals surface area contributed by atoms with Crippen LogP contribution in [0.4, 0.5) is 8.78 Å². The first-order valence-electron chi connectivity index (χ1n) is 9.66. The lowest BCUT2D eigenvalue weighted by molar-refractivity contribution is 0.510. The Morgan fingerprint density at radius 3 is 1.76 bits per heavy atom. The van der Waals surface area contributed by atoms with Crippen LogP contribution in [-0.2, 0) is 19.5 Å². The van der Waals surface area contributed by atoms with Gasteiger partial charge < -0.3 is 9.13 Å². The van der Waals surface area contributed by atoms with E-state index in [1.54, 1.807) is 9.13 Å². The zero-order chi connectivity index (χ0) is 20.5. The smallest absolute Gasteiger partial charge is 0.203 e. The van der Waals surface area contributed by atoms with Crippen molar-refractivity contribution < 1.29 is 8.78 Å². The molecule has 3 nitrogen and oxygen atoms in total. The molecule has 0 unspecified atom stereocenters. The number of benzene rings is 3. The van der Waals surface area contributed by atoms with E-state index in [-0.39, 0.29) is 5.62 Å². The molecule has 0 bridgehead atoms. The Hall–Kier alpha value is -3.21. The highest BCUT2D eigenvalue weighted by Gasteiger charge is 2.15. The van der Waals surface area contributed by atoms with Crippen molar-refractivity contribution >= 4 is 11.0 Å². The molecule has 1 heterocycles. The fourth-order valence-electron chi connectivity index (χ4n) is 3.59. The molecule has 0 spiro atoms. The molecule has 0 radical (unpaired) electrons. The van der Waals surface area contributed by atoms with Crippen molar-refractivity contribution in [1.82, 2.24) is 9.13 Å². The van der Waals surface area contributed by atoms with Crippen LogP contribution >= 0.6 is 0 Å². The lowest BCUT2D eigenvalue weighted by Gasteiger charge is -2.06. The van der Waals surface area contributed by atoms with Gasteiger partial charge in [-0.25, -0.2) is 8.78 Å². The first kappa shape index (κ1) is 19.1. The monoisotopic (exact) mass is 391 g/mol. The number of imidazole rings is 1. The summed E-state index contributed by atoms with van der Waals surface area (Å²) in [5.74, 6) is -1.79. The maximum atomic E-state index is 14.0. The standard InChI is InChI=1S/C24H23F2N3/c1-16-3-7-18(8-4-16)11-12-28-22-13-20(25)21(26)14-23(22)29(24(28)27)15-19-9-5-17(2)6-10-19/h3-10,13-14,27H,11-12,15H2,1-2H3. The third-order valence-electron chi connectivity index (χ3n) is 5.32. The van der Waals surface area contributed by atoms with Crippen molar-refractivity contribution in [3.63, 3.8) is 0 Å². The van der Waals surface area contributed by atoms with E-state index in [4.69, 9.17) is 5.41 Å². The highest BCUT2D eigenvalue weighted by molar-refractivity contribution is 5.76. The lowest BCUT2D eigenvalue weighted by atomic mass is 10.1. The molecule has 0 aliphatic rings. The Bertz CT molecular complexity index is 1220. The van der Waals surface area contributed by atoms with Crippen LogP contribution in [0.2, 0.25) is 0 Å². The summed E-state index contributed by atoms with van der Waals surface area (Å²) in [6.07, 6.45) is 0.708. The van der Waals surface area contributed by atoms with Crippen molar-refractivity contribution in [2.45, 2.75) is 33.4 Å². The van der Waals surface area contributed by atoms with Gasteiger partial charge >= 0.3 is 0 Å². The Morgan fingerprint density at radius 2 is 1.21 bits per heavy atom. The normalized spacial score (nSPS) is 11.3. The molecule has 3 aromatic carbocycles. The van der Waals surface area contributed by atoms with E-state index in [9.17, 15) is 8.78 Å². The van der Waals surface area contributed by atoms with Gasteiger partial charge in [-0.3, -0.25) is 5.41 Å². The van der Waals surface area contributed by atoms with Gasteiger partial charge in [-0.1, -0.05) is 59.7 Å². The molecule has 0 aliphatic heterocycles. The molecule has 0 saturated heterocycles. The number of aromatic nitrogens is 2. The second-order valence-corrected chi connectivity index (χ2v) is 7.54. The van der Waals surface area contributed by atoms with E-state index in [0.717, 1.165) is 16.7 Å². The second-order valence-electron chi connectivity index (χ2n) is 7.54. The van der Waals surface area contributed by atoms with Crippen LogP contribution in [0.1, 0.15) is 22.3 Å². The summed E-state index contributed by atoms with van der Waals surface area (Å²) in [6, 6.07) is 18.6. The molecule has 1 aromatic heterocycles. The predicted octanol–water partition coefficient (Wildman–Crippen LogP) is 5.11. The summed E-state index contributed by atoms with van der Waals surface area (Å²) in [5, 5.41) is 8.69. The maximum absolute atomic E-state index is 14.0. The zero-order valence-corrected chi connectivity index (χ0v) is 16.5. The van der Waals surface area contributed by atoms with Crippen molar-refractivity contribution in [3.05, 3.63) is 100 Å². The van der Waals surface area contributed by atoms with Crippen LogP contribution in [0.5, 0.6) is 0 Å². The van der Waals surface area contributed by atoms with Crippen LogP contribution in [0, 0.1) is 30.9 Å². The van der Waals surface area contributed by atoms with Crippen LogP contribution in [0.15, 0.2) is 60.7 Å². The number of fused-ring (bicyclic) bond motifs is 1. The summed E-state index contributed by atoms with van der Waals surface area (Å²) < 4.78 is 31.5. The van der Waals surface area contributed by atoms with Crippen molar-refractivity contribution in [3.8, 4) is 0 Å².